The molecule has 0 radical (unpaired) electrons. The van der Waals surface area contributed by atoms with Gasteiger partial charge >= 0.3 is 0 Å². The highest BCUT2D eigenvalue weighted by molar-refractivity contribution is 5.99. The van der Waals surface area contributed by atoms with Crippen molar-refractivity contribution in [2.45, 2.75) is 27.3 Å². The van der Waals surface area contributed by atoms with Crippen LogP contribution in [0.25, 0.3) is 22.2 Å². The first-order valence-electron chi connectivity index (χ1n) is 10.2. The monoisotopic (exact) mass is 432 g/mol. The molecular formula is C23H24N6O3. The van der Waals surface area contributed by atoms with Gasteiger partial charge in [0.05, 0.1) is 42.7 Å². The highest BCUT2D eigenvalue weighted by Gasteiger charge is 2.16. The molecule has 0 aliphatic carbocycles. The molecule has 32 heavy (non-hydrogen) atoms. The van der Waals surface area contributed by atoms with E-state index in [9.17, 15) is 4.79 Å². The van der Waals surface area contributed by atoms with Crippen LogP contribution in [-0.2, 0) is 6.54 Å². The third-order valence-corrected chi connectivity index (χ3v) is 5.04. The second kappa shape index (κ2) is 9.01. The van der Waals surface area contributed by atoms with E-state index in [1.807, 2.05) is 45.0 Å². The zero-order valence-corrected chi connectivity index (χ0v) is 18.4. The molecule has 0 spiro atoms. The zero-order chi connectivity index (χ0) is 22.7. The van der Waals surface area contributed by atoms with Gasteiger partial charge in [0.2, 0.25) is 5.88 Å². The van der Waals surface area contributed by atoms with Gasteiger partial charge in [-0.05, 0) is 51.1 Å². The molecule has 0 aliphatic heterocycles. The Labute approximate surface area is 185 Å². The molecule has 0 bridgehead atoms. The first kappa shape index (κ1) is 21.2. The van der Waals surface area contributed by atoms with Crippen LogP contribution in [0.3, 0.4) is 0 Å². The molecule has 3 aromatic heterocycles. The first-order chi connectivity index (χ1) is 15.5. The van der Waals surface area contributed by atoms with E-state index in [4.69, 9.17) is 14.5 Å². The lowest BCUT2D eigenvalue weighted by molar-refractivity contribution is 0.0950. The predicted molar refractivity (Wildman–Crippen MR) is 120 cm³/mol. The molecule has 1 amide bonds. The zero-order valence-electron chi connectivity index (χ0n) is 18.4. The van der Waals surface area contributed by atoms with Crippen LogP contribution in [0.2, 0.25) is 0 Å². The summed E-state index contributed by atoms with van der Waals surface area (Å²) in [6.45, 7) is 6.44. The summed E-state index contributed by atoms with van der Waals surface area (Å²) in [7, 11) is 1.58. The van der Waals surface area contributed by atoms with Crippen LogP contribution in [0.15, 0.2) is 36.4 Å². The molecule has 0 fully saturated rings. The van der Waals surface area contributed by atoms with Crippen molar-refractivity contribution >= 4 is 16.8 Å². The highest BCUT2D eigenvalue weighted by atomic mass is 16.5. The topological polar surface area (TPSA) is 115 Å². The van der Waals surface area contributed by atoms with Crippen LogP contribution in [0.4, 0.5) is 0 Å². The van der Waals surface area contributed by atoms with E-state index in [0.717, 1.165) is 22.3 Å². The molecule has 2 N–H and O–H groups in total. The maximum Gasteiger partial charge on any atom is 0.251 e. The number of aromatic nitrogens is 5. The van der Waals surface area contributed by atoms with Gasteiger partial charge in [0.15, 0.2) is 0 Å². The molecule has 3 heterocycles. The van der Waals surface area contributed by atoms with Crippen molar-refractivity contribution < 1.29 is 14.3 Å². The van der Waals surface area contributed by atoms with Crippen LogP contribution in [0.5, 0.6) is 11.6 Å². The lowest BCUT2D eigenvalue weighted by Crippen LogP contribution is -2.23. The minimum atomic E-state index is -0.228. The van der Waals surface area contributed by atoms with Crippen molar-refractivity contribution in [1.29, 1.82) is 0 Å². The van der Waals surface area contributed by atoms with Gasteiger partial charge in [-0.2, -0.15) is 15.4 Å². The van der Waals surface area contributed by atoms with E-state index in [0.29, 0.717) is 40.7 Å². The molecule has 9 nitrogen and oxygen atoms in total. The summed E-state index contributed by atoms with van der Waals surface area (Å²) in [6, 6.07) is 11.0. The van der Waals surface area contributed by atoms with Crippen molar-refractivity contribution in [2.24, 2.45) is 0 Å². The van der Waals surface area contributed by atoms with Gasteiger partial charge < -0.3 is 14.8 Å². The number of hydrogen-bond donors (Lipinski definition) is 2. The molecule has 1 aromatic carbocycles. The normalized spacial score (nSPS) is 10.9. The number of carbonyl (C=O) groups is 1. The number of nitrogens with one attached hydrogen (secondary N) is 2. The summed E-state index contributed by atoms with van der Waals surface area (Å²) < 4.78 is 11.3. The summed E-state index contributed by atoms with van der Waals surface area (Å²) in [5.74, 6) is 0.936. The second-order valence-corrected chi connectivity index (χ2v) is 7.22. The first-order valence-corrected chi connectivity index (χ1v) is 10.2. The number of pyridine rings is 2. The number of aryl methyl sites for hydroxylation is 2. The van der Waals surface area contributed by atoms with Gasteiger partial charge in [0.1, 0.15) is 11.4 Å². The fourth-order valence-electron chi connectivity index (χ4n) is 3.37. The van der Waals surface area contributed by atoms with Gasteiger partial charge in [0.25, 0.3) is 5.91 Å². The summed E-state index contributed by atoms with van der Waals surface area (Å²) in [5, 5.41) is 14.2. The van der Waals surface area contributed by atoms with Crippen LogP contribution < -0.4 is 14.8 Å². The number of amides is 1. The molecule has 4 aromatic rings. The van der Waals surface area contributed by atoms with Crippen LogP contribution in [0.1, 0.15) is 34.4 Å². The predicted octanol–water partition coefficient (Wildman–Crippen LogP) is 3.37. The number of aromatic amines is 1. The Balaban J connectivity index is 1.73. The number of ether oxygens (including phenoxy) is 2. The summed E-state index contributed by atoms with van der Waals surface area (Å²) in [4.78, 5) is 22.0. The minimum absolute atomic E-state index is 0.228. The minimum Gasteiger partial charge on any atom is -0.493 e. The Bertz CT molecular complexity index is 1280. The molecule has 164 valence electrons. The third-order valence-electron chi connectivity index (χ3n) is 5.04. The molecule has 0 saturated heterocycles. The Morgan fingerprint density at radius 1 is 1.09 bits per heavy atom. The molecule has 0 saturated carbocycles. The number of methoxy groups -OCH3 is 1. The number of H-pyrrole nitrogens is 1. The summed E-state index contributed by atoms with van der Waals surface area (Å²) in [5.41, 5.74) is 4.81. The Hall–Kier alpha value is -4.01. The molecule has 0 atom stereocenters. The molecule has 4 rings (SSSR count). The van der Waals surface area contributed by atoms with Gasteiger partial charge in [-0.1, -0.05) is 0 Å². The largest absolute Gasteiger partial charge is 0.493 e. The maximum absolute atomic E-state index is 12.7. The van der Waals surface area contributed by atoms with Gasteiger partial charge in [-0.3, -0.25) is 4.79 Å². The number of benzene rings is 1. The lowest BCUT2D eigenvalue weighted by Gasteiger charge is -2.13. The van der Waals surface area contributed by atoms with Crippen LogP contribution in [-0.4, -0.2) is 45.0 Å². The van der Waals surface area contributed by atoms with E-state index in [1.54, 1.807) is 19.2 Å². The number of carbonyl (C=O) groups excluding carboxylic acids is 1. The number of hydrogen-bond acceptors (Lipinski definition) is 7. The SMILES string of the molecule is CCOc1cc(-c2ccc(C)nc2OC)nc2cc(C(=O)NCc3n[nH]nc3C)ccc12. The van der Waals surface area contributed by atoms with Crippen molar-refractivity contribution in [3.8, 4) is 22.9 Å². The Kier molecular flexibility index (Phi) is 5.98. The van der Waals surface area contributed by atoms with Gasteiger partial charge in [0, 0.05) is 22.7 Å². The van der Waals surface area contributed by atoms with Gasteiger partial charge in [-0.25, -0.2) is 9.97 Å². The van der Waals surface area contributed by atoms with Crippen molar-refractivity contribution in [3.63, 3.8) is 0 Å². The summed E-state index contributed by atoms with van der Waals surface area (Å²) >= 11 is 0. The smallest absolute Gasteiger partial charge is 0.251 e. The quantitative estimate of drug-likeness (QED) is 0.460. The highest BCUT2D eigenvalue weighted by Crippen LogP contribution is 2.34. The average molecular weight is 432 g/mol. The van der Waals surface area contributed by atoms with Crippen LogP contribution >= 0.6 is 0 Å². The Morgan fingerprint density at radius 3 is 2.66 bits per heavy atom. The van der Waals surface area contributed by atoms with E-state index in [1.165, 1.54) is 0 Å². The lowest BCUT2D eigenvalue weighted by atomic mass is 10.1. The third kappa shape index (κ3) is 4.22. The maximum atomic E-state index is 12.7. The standard InChI is InChI=1S/C23H24N6O3/c1-5-32-21-11-19(17-8-6-13(2)25-23(17)31-4)26-18-10-15(7-9-16(18)21)22(30)24-12-20-14(3)27-29-28-20/h6-11H,5,12H2,1-4H3,(H,24,30)(H,27,28,29). The van der Waals surface area contributed by atoms with E-state index < -0.39 is 0 Å². The van der Waals surface area contributed by atoms with Crippen molar-refractivity contribution in [3.05, 3.63) is 59.0 Å². The van der Waals surface area contributed by atoms with E-state index in [-0.39, 0.29) is 12.5 Å². The van der Waals surface area contributed by atoms with E-state index in [2.05, 4.69) is 25.7 Å². The molecule has 9 heteroatoms. The number of nitrogens with zero attached hydrogens (tertiary/aromatic N) is 4. The Morgan fingerprint density at radius 2 is 1.94 bits per heavy atom. The molecule has 0 unspecified atom stereocenters. The average Bonchev–Trinajstić information content (AvgIpc) is 3.21. The van der Waals surface area contributed by atoms with Crippen molar-refractivity contribution in [1.82, 2.24) is 30.7 Å². The van der Waals surface area contributed by atoms with E-state index >= 15 is 0 Å². The summed E-state index contributed by atoms with van der Waals surface area (Å²) in [6.07, 6.45) is 0. The fourth-order valence-corrected chi connectivity index (χ4v) is 3.37. The second-order valence-electron chi connectivity index (χ2n) is 7.22. The van der Waals surface area contributed by atoms with Crippen LogP contribution in [0, 0.1) is 13.8 Å². The number of rotatable bonds is 7. The van der Waals surface area contributed by atoms with Gasteiger partial charge in [-0.15, -0.1) is 0 Å². The number of fused-ring (bicyclic) bond motifs is 1. The van der Waals surface area contributed by atoms with Crippen molar-refractivity contribution in [2.75, 3.05) is 13.7 Å². The fraction of sp³-hybridized carbons (Fsp3) is 0.261. The molecule has 0 aliphatic rings. The molecular weight excluding hydrogens is 408 g/mol.